The third-order valence-corrected chi connectivity index (χ3v) is 3.47. The monoisotopic (exact) mass is 308 g/mol. The number of aromatic hydroxyl groups is 2. The number of para-hydroxylation sites is 1. The number of benzene rings is 2. The number of nitroso groups, excluding NO2 is 1. The van der Waals surface area contributed by atoms with Crippen molar-refractivity contribution in [2.45, 2.75) is 0 Å². The predicted octanol–water partition coefficient (Wildman–Crippen LogP) is 3.35. The molecule has 0 aliphatic heterocycles. The lowest BCUT2D eigenvalue weighted by Gasteiger charge is -2.05. The lowest BCUT2D eigenvalue weighted by atomic mass is 10.1. The van der Waals surface area contributed by atoms with Crippen LogP contribution in [0.15, 0.2) is 59.8 Å². The fraction of sp³-hybridized carbons (Fsp3) is 0. The number of aromatic nitrogens is 1. The van der Waals surface area contributed by atoms with E-state index in [0.29, 0.717) is 22.0 Å². The zero-order chi connectivity index (χ0) is 16.4. The van der Waals surface area contributed by atoms with Gasteiger partial charge in [0.25, 0.3) is 0 Å². The molecule has 0 saturated heterocycles. The molecule has 1 aromatic heterocycles. The van der Waals surface area contributed by atoms with Crippen molar-refractivity contribution < 1.29 is 15.0 Å². The second-order valence-corrected chi connectivity index (χ2v) is 4.89. The molecule has 2 aromatic carbocycles. The van der Waals surface area contributed by atoms with Crippen LogP contribution in [-0.4, -0.2) is 20.7 Å². The number of fused-ring (bicyclic) bond motifs is 1. The maximum absolute atomic E-state index is 10.9. The maximum atomic E-state index is 10.9. The van der Waals surface area contributed by atoms with Crippen LogP contribution < -0.4 is 0 Å². The van der Waals surface area contributed by atoms with Crippen molar-refractivity contribution in [1.29, 1.82) is 0 Å². The highest BCUT2D eigenvalue weighted by molar-refractivity contribution is 5.97. The zero-order valence-corrected chi connectivity index (χ0v) is 11.9. The van der Waals surface area contributed by atoms with E-state index in [0.717, 1.165) is 6.08 Å². The van der Waals surface area contributed by atoms with E-state index in [-0.39, 0.29) is 11.8 Å². The zero-order valence-electron chi connectivity index (χ0n) is 11.9. The van der Waals surface area contributed by atoms with Crippen molar-refractivity contribution in [2.75, 3.05) is 0 Å². The summed E-state index contributed by atoms with van der Waals surface area (Å²) < 4.78 is 1.33. The highest BCUT2D eigenvalue weighted by atomic mass is 16.3. The van der Waals surface area contributed by atoms with Gasteiger partial charge in [-0.05, 0) is 35.9 Å². The van der Waals surface area contributed by atoms with Gasteiger partial charge in [0, 0.05) is 22.0 Å². The molecule has 6 heteroatoms. The molecule has 114 valence electrons. The van der Waals surface area contributed by atoms with Crippen molar-refractivity contribution in [3.8, 4) is 17.4 Å². The van der Waals surface area contributed by atoms with Gasteiger partial charge in [-0.25, -0.2) is 0 Å². The summed E-state index contributed by atoms with van der Waals surface area (Å²) in [4.78, 5) is 21.0. The number of carbonyl (C=O) groups is 1. The van der Waals surface area contributed by atoms with Gasteiger partial charge in [-0.3, -0.25) is 9.36 Å². The third kappa shape index (κ3) is 2.57. The molecule has 0 atom stereocenters. The first kappa shape index (κ1) is 14.5. The predicted molar refractivity (Wildman–Crippen MR) is 86.4 cm³/mol. The van der Waals surface area contributed by atoms with Crippen molar-refractivity contribution in [1.82, 2.24) is 4.57 Å². The summed E-state index contributed by atoms with van der Waals surface area (Å²) in [5.74, 6) is -1.08. The Hall–Kier alpha value is -3.41. The molecule has 3 rings (SSSR count). The fourth-order valence-electron chi connectivity index (χ4n) is 2.41. The van der Waals surface area contributed by atoms with Gasteiger partial charge in [0.1, 0.15) is 0 Å². The van der Waals surface area contributed by atoms with Gasteiger partial charge in [-0.1, -0.05) is 24.3 Å². The van der Waals surface area contributed by atoms with Gasteiger partial charge in [0.05, 0.1) is 5.69 Å². The summed E-state index contributed by atoms with van der Waals surface area (Å²) in [5.41, 5.74) is 1.21. The van der Waals surface area contributed by atoms with Crippen molar-refractivity contribution in [3.05, 3.63) is 65.1 Å². The molecular formula is C17H12N2O4. The molecule has 0 bridgehead atoms. The average molecular weight is 308 g/mol. The SMILES string of the molecule is O=NC(=O)/C=C/c1ccc2c(O)n(-c3ccccc3)c(O)c2c1. The van der Waals surface area contributed by atoms with E-state index in [2.05, 4.69) is 5.18 Å². The topological polar surface area (TPSA) is 91.9 Å². The molecule has 0 unspecified atom stereocenters. The normalized spacial score (nSPS) is 11.1. The molecule has 0 aliphatic carbocycles. The van der Waals surface area contributed by atoms with Crippen LogP contribution in [0.2, 0.25) is 0 Å². The van der Waals surface area contributed by atoms with E-state index < -0.39 is 5.91 Å². The number of hydrogen-bond acceptors (Lipinski definition) is 4. The second-order valence-electron chi connectivity index (χ2n) is 4.89. The van der Waals surface area contributed by atoms with E-state index in [4.69, 9.17) is 0 Å². The third-order valence-electron chi connectivity index (χ3n) is 3.47. The number of amides is 1. The van der Waals surface area contributed by atoms with Gasteiger partial charge >= 0.3 is 5.91 Å². The molecule has 23 heavy (non-hydrogen) atoms. The average Bonchev–Trinajstić information content (AvgIpc) is 2.84. The van der Waals surface area contributed by atoms with Gasteiger partial charge < -0.3 is 10.2 Å². The van der Waals surface area contributed by atoms with Gasteiger partial charge in [0.15, 0.2) is 0 Å². The summed E-state index contributed by atoms with van der Waals surface area (Å²) in [6.07, 6.45) is 2.46. The summed E-state index contributed by atoms with van der Waals surface area (Å²) in [6, 6.07) is 13.8. The van der Waals surface area contributed by atoms with E-state index in [1.807, 2.05) is 6.07 Å². The Labute approximate surface area is 130 Å². The highest BCUT2D eigenvalue weighted by Crippen LogP contribution is 2.39. The van der Waals surface area contributed by atoms with Crippen LogP contribution in [0, 0.1) is 4.91 Å². The fourth-order valence-corrected chi connectivity index (χ4v) is 2.41. The minimum absolute atomic E-state index is 0.0788. The first-order chi connectivity index (χ1) is 11.1. The Morgan fingerprint density at radius 3 is 2.39 bits per heavy atom. The lowest BCUT2D eigenvalue weighted by molar-refractivity contribution is -0.113. The molecule has 3 aromatic rings. The van der Waals surface area contributed by atoms with Gasteiger partial charge in [-0.15, -0.1) is 4.91 Å². The molecule has 0 fully saturated rings. The Kier molecular flexibility index (Phi) is 3.64. The van der Waals surface area contributed by atoms with Crippen LogP contribution in [-0.2, 0) is 4.79 Å². The summed E-state index contributed by atoms with van der Waals surface area (Å²) in [6.45, 7) is 0. The Morgan fingerprint density at radius 1 is 1.00 bits per heavy atom. The minimum Gasteiger partial charge on any atom is -0.494 e. The summed E-state index contributed by atoms with van der Waals surface area (Å²) in [5, 5.41) is 23.9. The Morgan fingerprint density at radius 2 is 1.70 bits per heavy atom. The van der Waals surface area contributed by atoms with Crippen molar-refractivity contribution in [3.63, 3.8) is 0 Å². The van der Waals surface area contributed by atoms with E-state index >= 15 is 0 Å². The first-order valence-electron chi connectivity index (χ1n) is 6.79. The van der Waals surface area contributed by atoms with Crippen LogP contribution in [0.5, 0.6) is 11.8 Å². The van der Waals surface area contributed by atoms with E-state index in [1.165, 1.54) is 10.6 Å². The Bertz CT molecular complexity index is 927. The molecular weight excluding hydrogens is 296 g/mol. The molecule has 0 saturated carbocycles. The highest BCUT2D eigenvalue weighted by Gasteiger charge is 2.17. The lowest BCUT2D eigenvalue weighted by Crippen LogP contribution is -1.91. The number of carbonyl (C=O) groups excluding carboxylic acids is 1. The number of rotatable bonds is 3. The number of nitrogens with zero attached hydrogens (tertiary/aromatic N) is 2. The largest absolute Gasteiger partial charge is 0.494 e. The van der Waals surface area contributed by atoms with E-state index in [9.17, 15) is 19.9 Å². The molecule has 6 nitrogen and oxygen atoms in total. The quantitative estimate of drug-likeness (QED) is 0.573. The molecule has 0 spiro atoms. The van der Waals surface area contributed by atoms with Crippen molar-refractivity contribution in [2.24, 2.45) is 5.18 Å². The molecule has 0 aliphatic rings. The van der Waals surface area contributed by atoms with Crippen LogP contribution in [0.1, 0.15) is 5.56 Å². The molecule has 1 amide bonds. The molecule has 1 heterocycles. The smallest absolute Gasteiger partial charge is 0.309 e. The van der Waals surface area contributed by atoms with Crippen LogP contribution in [0.25, 0.3) is 22.5 Å². The maximum Gasteiger partial charge on any atom is 0.309 e. The van der Waals surface area contributed by atoms with E-state index in [1.54, 1.807) is 42.5 Å². The number of hydrogen-bond donors (Lipinski definition) is 2. The first-order valence-corrected chi connectivity index (χ1v) is 6.79. The van der Waals surface area contributed by atoms with Crippen LogP contribution in [0.3, 0.4) is 0 Å². The summed E-state index contributed by atoms with van der Waals surface area (Å²) >= 11 is 0. The van der Waals surface area contributed by atoms with Gasteiger partial charge in [0.2, 0.25) is 11.8 Å². The van der Waals surface area contributed by atoms with Gasteiger partial charge in [-0.2, -0.15) is 0 Å². The van der Waals surface area contributed by atoms with Crippen molar-refractivity contribution >= 4 is 22.8 Å². The van der Waals surface area contributed by atoms with Crippen LogP contribution in [0.4, 0.5) is 0 Å². The minimum atomic E-state index is -0.890. The standard InChI is InChI=1S/C17H12N2O4/c20-15(18-23)9-7-11-6-8-13-14(10-11)17(22)19(16(13)21)12-4-2-1-3-5-12/h1-10,21-22H/b9-7+. The molecule has 2 N–H and O–H groups in total. The second kappa shape index (κ2) is 5.76. The Balaban J connectivity index is 2.14. The summed E-state index contributed by atoms with van der Waals surface area (Å²) in [7, 11) is 0. The molecule has 0 radical (unpaired) electrons. The van der Waals surface area contributed by atoms with Crippen LogP contribution >= 0.6 is 0 Å².